The number of carbonyl (C=O) groups excluding carboxylic acids is 1. The summed E-state index contributed by atoms with van der Waals surface area (Å²) in [5, 5.41) is 0.241. The Morgan fingerprint density at radius 3 is 2.33 bits per heavy atom. The van der Waals surface area contributed by atoms with Gasteiger partial charge in [-0.3, -0.25) is 4.79 Å². The molecule has 1 aromatic rings. The first-order valence-electron chi connectivity index (χ1n) is 5.43. The fraction of sp³-hybridized carbons (Fsp3) is 0.636. The van der Waals surface area contributed by atoms with Gasteiger partial charge in [0.1, 0.15) is 6.54 Å². The lowest BCUT2D eigenvalue weighted by atomic mass is 10.3. The first kappa shape index (κ1) is 14.9. The molecule has 0 aromatic carbocycles. The van der Waals surface area contributed by atoms with Crippen LogP contribution in [0.25, 0.3) is 0 Å². The molecule has 3 nitrogen and oxygen atoms in total. The number of hydrogen-bond acceptors (Lipinski definition) is 4. The average molecular weight is 280 g/mol. The van der Waals surface area contributed by atoms with Crippen molar-refractivity contribution in [3.05, 3.63) is 10.6 Å². The third-order valence-electron chi connectivity index (χ3n) is 2.32. The minimum Gasteiger partial charge on any atom is -0.337 e. The predicted molar refractivity (Wildman–Crippen MR) is 65.4 cm³/mol. The van der Waals surface area contributed by atoms with Crippen molar-refractivity contribution in [1.29, 1.82) is 0 Å². The van der Waals surface area contributed by atoms with E-state index in [1.165, 1.54) is 6.92 Å². The Morgan fingerprint density at radius 1 is 1.44 bits per heavy atom. The number of thiazole rings is 1. The topological polar surface area (TPSA) is 33.2 Å². The molecule has 0 aliphatic carbocycles. The molecule has 102 valence electrons. The van der Waals surface area contributed by atoms with E-state index in [9.17, 15) is 18.0 Å². The van der Waals surface area contributed by atoms with E-state index in [1.807, 2.05) is 0 Å². The van der Waals surface area contributed by atoms with E-state index in [0.717, 1.165) is 16.2 Å². The number of carbonyl (C=O) groups is 1. The number of rotatable bonds is 4. The number of aromatic nitrogens is 1. The molecule has 0 aliphatic heterocycles. The summed E-state index contributed by atoms with van der Waals surface area (Å²) in [6, 6.07) is -0.336. The van der Waals surface area contributed by atoms with Gasteiger partial charge in [-0.15, -0.1) is 0 Å². The van der Waals surface area contributed by atoms with E-state index < -0.39 is 12.7 Å². The molecular formula is C11H15F3N2OS. The van der Waals surface area contributed by atoms with Gasteiger partial charge in [-0.25, -0.2) is 4.98 Å². The number of hydrogen-bond donors (Lipinski definition) is 0. The van der Waals surface area contributed by atoms with Crippen molar-refractivity contribution in [3.8, 4) is 0 Å². The Hall–Kier alpha value is -1.11. The number of ketones is 1. The SMILES string of the molecule is CC(=O)c1sc(N(CC(F)(F)F)C(C)C)nc1C. The zero-order valence-electron chi connectivity index (χ0n) is 10.6. The summed E-state index contributed by atoms with van der Waals surface area (Å²) in [4.78, 5) is 16.9. The third-order valence-corrected chi connectivity index (χ3v) is 3.62. The number of alkyl halides is 3. The maximum atomic E-state index is 12.5. The Bertz CT molecular complexity index is 440. The van der Waals surface area contributed by atoms with Crippen LogP contribution in [0, 0.1) is 6.92 Å². The van der Waals surface area contributed by atoms with Crippen molar-refractivity contribution in [1.82, 2.24) is 4.98 Å². The minimum absolute atomic E-state index is 0.174. The first-order chi connectivity index (χ1) is 8.11. The summed E-state index contributed by atoms with van der Waals surface area (Å²) in [5.41, 5.74) is 0.482. The van der Waals surface area contributed by atoms with Gasteiger partial charge in [-0.1, -0.05) is 11.3 Å². The molecular weight excluding hydrogens is 265 g/mol. The maximum absolute atomic E-state index is 12.5. The van der Waals surface area contributed by atoms with Crippen molar-refractivity contribution in [3.63, 3.8) is 0 Å². The summed E-state index contributed by atoms with van der Waals surface area (Å²) in [6.07, 6.45) is -4.29. The van der Waals surface area contributed by atoms with Gasteiger partial charge < -0.3 is 4.90 Å². The van der Waals surface area contributed by atoms with E-state index in [0.29, 0.717) is 10.6 Å². The molecule has 0 amide bonds. The second kappa shape index (κ2) is 5.26. The first-order valence-corrected chi connectivity index (χ1v) is 6.25. The summed E-state index contributed by atoms with van der Waals surface area (Å²) in [6.45, 7) is 5.28. The van der Waals surface area contributed by atoms with Crippen molar-refractivity contribution < 1.29 is 18.0 Å². The molecule has 0 fully saturated rings. The molecule has 0 aliphatic rings. The van der Waals surface area contributed by atoms with Crippen molar-refractivity contribution >= 4 is 22.3 Å². The van der Waals surface area contributed by atoms with Crippen LogP contribution in [0.1, 0.15) is 36.1 Å². The van der Waals surface area contributed by atoms with Gasteiger partial charge >= 0.3 is 6.18 Å². The number of anilines is 1. The average Bonchev–Trinajstić information content (AvgIpc) is 2.54. The van der Waals surface area contributed by atoms with Crippen LogP contribution in [-0.2, 0) is 0 Å². The lowest BCUT2D eigenvalue weighted by Gasteiger charge is -2.26. The molecule has 0 radical (unpaired) electrons. The Balaban J connectivity index is 3.07. The second-order valence-electron chi connectivity index (χ2n) is 4.30. The van der Waals surface area contributed by atoms with Crippen LogP contribution >= 0.6 is 11.3 Å². The highest BCUT2D eigenvalue weighted by Crippen LogP contribution is 2.30. The van der Waals surface area contributed by atoms with Crippen LogP contribution in [0.4, 0.5) is 18.3 Å². The summed E-state index contributed by atoms with van der Waals surface area (Å²) < 4.78 is 37.5. The molecule has 1 rings (SSSR count). The number of Topliss-reactive ketones (excluding diaryl/α,β-unsaturated/α-hetero) is 1. The number of aryl methyl sites for hydroxylation is 1. The largest absolute Gasteiger partial charge is 0.406 e. The van der Waals surface area contributed by atoms with Crippen LogP contribution in [0.5, 0.6) is 0 Å². The van der Waals surface area contributed by atoms with E-state index in [-0.39, 0.29) is 17.0 Å². The summed E-state index contributed by atoms with van der Waals surface area (Å²) in [7, 11) is 0. The number of nitrogens with zero attached hydrogens (tertiary/aromatic N) is 2. The standard InChI is InChI=1S/C11H15F3N2OS/c1-6(2)16(5-11(12,13)14)10-15-7(3)9(18-10)8(4)17/h6H,5H2,1-4H3. The van der Waals surface area contributed by atoms with Gasteiger partial charge in [0.25, 0.3) is 0 Å². The summed E-state index contributed by atoms with van der Waals surface area (Å²) in [5.74, 6) is -0.174. The smallest absolute Gasteiger partial charge is 0.337 e. The van der Waals surface area contributed by atoms with Crippen molar-refractivity contribution in [2.45, 2.75) is 39.9 Å². The van der Waals surface area contributed by atoms with Gasteiger partial charge in [-0.05, 0) is 20.8 Å². The third kappa shape index (κ3) is 3.69. The van der Waals surface area contributed by atoms with Gasteiger partial charge in [0, 0.05) is 13.0 Å². The van der Waals surface area contributed by atoms with Gasteiger partial charge in [0.2, 0.25) is 0 Å². The number of halogens is 3. The zero-order chi connectivity index (χ0) is 14.1. The van der Waals surface area contributed by atoms with Gasteiger partial charge in [0.05, 0.1) is 10.6 Å². The normalized spacial score (nSPS) is 12.0. The molecule has 7 heteroatoms. The monoisotopic (exact) mass is 280 g/mol. The van der Waals surface area contributed by atoms with Crippen molar-refractivity contribution in [2.75, 3.05) is 11.4 Å². The molecule has 0 saturated carbocycles. The fourth-order valence-corrected chi connectivity index (χ4v) is 2.59. The van der Waals surface area contributed by atoms with Crippen LogP contribution in [0.2, 0.25) is 0 Å². The van der Waals surface area contributed by atoms with Crippen molar-refractivity contribution in [2.24, 2.45) is 0 Å². The fourth-order valence-electron chi connectivity index (χ4n) is 1.50. The van der Waals surface area contributed by atoms with Gasteiger partial charge in [0.15, 0.2) is 10.9 Å². The zero-order valence-corrected chi connectivity index (χ0v) is 11.4. The van der Waals surface area contributed by atoms with E-state index >= 15 is 0 Å². The Kier molecular flexibility index (Phi) is 4.37. The Morgan fingerprint density at radius 2 is 2.00 bits per heavy atom. The Labute approximate surface area is 108 Å². The molecule has 1 aromatic heterocycles. The lowest BCUT2D eigenvalue weighted by molar-refractivity contribution is -0.120. The second-order valence-corrected chi connectivity index (χ2v) is 5.28. The van der Waals surface area contributed by atoms with Crippen LogP contribution < -0.4 is 4.90 Å². The molecule has 0 atom stereocenters. The molecule has 0 unspecified atom stereocenters. The molecule has 0 saturated heterocycles. The summed E-state index contributed by atoms with van der Waals surface area (Å²) >= 11 is 1.01. The van der Waals surface area contributed by atoms with E-state index in [4.69, 9.17) is 0 Å². The minimum atomic E-state index is -4.29. The highest BCUT2D eigenvalue weighted by atomic mass is 32.1. The van der Waals surface area contributed by atoms with Crippen LogP contribution in [-0.4, -0.2) is 29.5 Å². The molecule has 0 bridgehead atoms. The highest BCUT2D eigenvalue weighted by molar-refractivity contribution is 7.17. The van der Waals surface area contributed by atoms with E-state index in [2.05, 4.69) is 4.98 Å². The quantitative estimate of drug-likeness (QED) is 0.792. The predicted octanol–water partition coefficient (Wildman–Crippen LogP) is 3.43. The molecule has 1 heterocycles. The highest BCUT2D eigenvalue weighted by Gasteiger charge is 2.33. The van der Waals surface area contributed by atoms with Gasteiger partial charge in [-0.2, -0.15) is 13.2 Å². The molecule has 18 heavy (non-hydrogen) atoms. The van der Waals surface area contributed by atoms with Crippen LogP contribution in [0.3, 0.4) is 0 Å². The molecule has 0 N–H and O–H groups in total. The maximum Gasteiger partial charge on any atom is 0.406 e. The lowest BCUT2D eigenvalue weighted by Crippen LogP contribution is -2.39. The van der Waals surface area contributed by atoms with E-state index in [1.54, 1.807) is 20.8 Å². The van der Waals surface area contributed by atoms with Crippen LogP contribution in [0.15, 0.2) is 0 Å². The molecule has 0 spiro atoms.